The van der Waals surface area contributed by atoms with Crippen LogP contribution >= 0.6 is 0 Å². The summed E-state index contributed by atoms with van der Waals surface area (Å²) >= 11 is 0. The highest BCUT2D eigenvalue weighted by Gasteiger charge is 2.48. The Morgan fingerprint density at radius 2 is 2.00 bits per heavy atom. The second kappa shape index (κ2) is 8.30. The molecule has 1 saturated carbocycles. The third-order valence-electron chi connectivity index (χ3n) is 5.95. The number of allylic oxidation sites excluding steroid dienone is 2. The van der Waals surface area contributed by atoms with Gasteiger partial charge in [0.1, 0.15) is 11.5 Å². The number of halogens is 2. The van der Waals surface area contributed by atoms with E-state index in [4.69, 9.17) is 0 Å². The molecule has 1 aromatic rings. The molecular formula is C22H22F2N6O3. The molecule has 9 nitrogen and oxygen atoms in total. The van der Waals surface area contributed by atoms with Crippen molar-refractivity contribution >= 4 is 23.4 Å². The van der Waals surface area contributed by atoms with E-state index in [-0.39, 0.29) is 35.9 Å². The number of imide groups is 1. The minimum Gasteiger partial charge on any atom is -0.357 e. The number of hydrogen-bond donors (Lipinski definition) is 3. The number of aromatic nitrogens is 1. The van der Waals surface area contributed by atoms with Gasteiger partial charge in [-0.05, 0) is 43.9 Å². The molecule has 1 fully saturated rings. The molecule has 0 spiro atoms. The Bertz CT molecular complexity index is 1120. The highest BCUT2D eigenvalue weighted by Crippen LogP contribution is 2.38. The van der Waals surface area contributed by atoms with Gasteiger partial charge in [-0.3, -0.25) is 35.1 Å². The van der Waals surface area contributed by atoms with Crippen molar-refractivity contribution < 1.29 is 23.2 Å². The molecule has 5 rings (SSSR count). The first-order valence-corrected chi connectivity index (χ1v) is 10.8. The number of rotatable bonds is 6. The molecule has 0 atom stereocenters. The number of hydrazine groups is 1. The summed E-state index contributed by atoms with van der Waals surface area (Å²) in [6, 6.07) is 1.33. The molecule has 4 aliphatic rings. The molecule has 0 aromatic carbocycles. The number of carbonyl (C=O) groups excluding carboxylic acids is 3. The van der Waals surface area contributed by atoms with E-state index in [0.717, 1.165) is 19.0 Å². The van der Waals surface area contributed by atoms with Crippen LogP contribution in [-0.2, 0) is 14.4 Å². The van der Waals surface area contributed by atoms with Gasteiger partial charge in [0.15, 0.2) is 0 Å². The minimum absolute atomic E-state index is 0.00786. The number of alkyl halides is 2. The Kier molecular flexibility index (Phi) is 5.31. The molecule has 172 valence electrons. The summed E-state index contributed by atoms with van der Waals surface area (Å²) in [5.41, 5.74) is 7.33. The third kappa shape index (κ3) is 4.06. The first-order chi connectivity index (χ1) is 15.9. The van der Waals surface area contributed by atoms with E-state index in [2.05, 4.69) is 21.2 Å². The van der Waals surface area contributed by atoms with Crippen molar-refractivity contribution in [1.82, 2.24) is 31.0 Å². The van der Waals surface area contributed by atoms with Crippen LogP contribution in [0.3, 0.4) is 0 Å². The minimum atomic E-state index is -2.62. The maximum Gasteiger partial charge on any atom is 0.277 e. The zero-order valence-electron chi connectivity index (χ0n) is 17.6. The van der Waals surface area contributed by atoms with Gasteiger partial charge in [0, 0.05) is 41.7 Å². The quantitative estimate of drug-likeness (QED) is 0.554. The van der Waals surface area contributed by atoms with Crippen LogP contribution < -0.4 is 16.2 Å². The summed E-state index contributed by atoms with van der Waals surface area (Å²) in [5, 5.41) is 2.71. The van der Waals surface area contributed by atoms with E-state index in [0.29, 0.717) is 47.7 Å². The molecule has 0 radical (unpaired) electrons. The number of hydrogen-bond acceptors (Lipinski definition) is 7. The normalized spacial score (nSPS) is 20.3. The van der Waals surface area contributed by atoms with Crippen molar-refractivity contribution in [2.24, 2.45) is 0 Å². The van der Waals surface area contributed by atoms with Crippen molar-refractivity contribution in [3.63, 3.8) is 0 Å². The van der Waals surface area contributed by atoms with E-state index in [1.54, 1.807) is 17.1 Å². The average Bonchev–Trinajstić information content (AvgIpc) is 3.60. The molecule has 1 aliphatic carbocycles. The maximum atomic E-state index is 12.9. The van der Waals surface area contributed by atoms with Crippen molar-refractivity contribution in [1.29, 1.82) is 0 Å². The predicted molar refractivity (Wildman–Crippen MR) is 112 cm³/mol. The SMILES string of the molecule is O=C(CN1CCCC2=C1C(=O)N(C1CC1)C2=O)NC1=CC=C(c2cncc(C(F)F)c2)NN1. The lowest BCUT2D eigenvalue weighted by Crippen LogP contribution is -2.45. The van der Waals surface area contributed by atoms with Gasteiger partial charge in [-0.2, -0.15) is 0 Å². The fourth-order valence-electron chi connectivity index (χ4n) is 4.23. The highest BCUT2D eigenvalue weighted by molar-refractivity contribution is 6.19. The Morgan fingerprint density at radius 1 is 1.18 bits per heavy atom. The van der Waals surface area contributed by atoms with Gasteiger partial charge >= 0.3 is 0 Å². The van der Waals surface area contributed by atoms with Gasteiger partial charge in [-0.1, -0.05) is 0 Å². The summed E-state index contributed by atoms with van der Waals surface area (Å²) in [4.78, 5) is 45.0. The molecular weight excluding hydrogens is 434 g/mol. The van der Waals surface area contributed by atoms with Crippen LogP contribution in [0, 0.1) is 0 Å². The molecule has 3 aliphatic heterocycles. The fraction of sp³-hybridized carbons (Fsp3) is 0.364. The van der Waals surface area contributed by atoms with Crippen LogP contribution in [0.5, 0.6) is 0 Å². The molecule has 0 bridgehead atoms. The lowest BCUT2D eigenvalue weighted by molar-refractivity contribution is -0.138. The number of nitrogens with zero attached hydrogens (tertiary/aromatic N) is 3. The van der Waals surface area contributed by atoms with Crippen molar-refractivity contribution in [3.05, 3.63) is 58.8 Å². The van der Waals surface area contributed by atoms with Crippen LogP contribution in [0.1, 0.15) is 43.2 Å². The highest BCUT2D eigenvalue weighted by atomic mass is 19.3. The van der Waals surface area contributed by atoms with Crippen molar-refractivity contribution in [3.8, 4) is 0 Å². The molecule has 1 aromatic heterocycles. The molecule has 0 unspecified atom stereocenters. The maximum absolute atomic E-state index is 12.9. The van der Waals surface area contributed by atoms with Crippen LogP contribution in [0.15, 0.2) is 47.7 Å². The van der Waals surface area contributed by atoms with Gasteiger partial charge in [0.25, 0.3) is 18.2 Å². The molecule has 3 amide bonds. The zero-order chi connectivity index (χ0) is 23.1. The summed E-state index contributed by atoms with van der Waals surface area (Å²) in [7, 11) is 0. The smallest absolute Gasteiger partial charge is 0.277 e. The molecule has 0 saturated heterocycles. The second-order valence-electron chi connectivity index (χ2n) is 8.33. The first kappa shape index (κ1) is 21.1. The topological polar surface area (TPSA) is 107 Å². The van der Waals surface area contributed by atoms with Gasteiger partial charge < -0.3 is 10.2 Å². The Balaban J connectivity index is 1.24. The standard InChI is InChI=1S/C22H22F2N6O3/c23-20(24)13-8-12(9-25-10-13)16-5-6-17(28-27-16)26-18(31)11-29-7-1-2-15-19(29)22(33)30(21(15)32)14-3-4-14/h5-6,8-10,14,20,27-28H,1-4,7,11H2,(H,26,31). The molecule has 11 heteroatoms. The third-order valence-corrected chi connectivity index (χ3v) is 5.95. The summed E-state index contributed by atoms with van der Waals surface area (Å²) < 4.78 is 25.8. The monoisotopic (exact) mass is 456 g/mol. The number of amides is 3. The summed E-state index contributed by atoms with van der Waals surface area (Å²) in [6.45, 7) is 0.457. The largest absolute Gasteiger partial charge is 0.357 e. The number of pyridine rings is 1. The fourth-order valence-corrected chi connectivity index (χ4v) is 4.23. The Labute approximate surface area is 188 Å². The van der Waals surface area contributed by atoms with Crippen LogP contribution in [0.2, 0.25) is 0 Å². The first-order valence-electron chi connectivity index (χ1n) is 10.8. The number of carbonyl (C=O) groups is 3. The van der Waals surface area contributed by atoms with E-state index in [9.17, 15) is 23.2 Å². The summed E-state index contributed by atoms with van der Waals surface area (Å²) in [5.74, 6) is -0.505. The van der Waals surface area contributed by atoms with Crippen LogP contribution in [0.25, 0.3) is 5.70 Å². The Hall–Kier alpha value is -3.76. The predicted octanol–water partition coefficient (Wildman–Crippen LogP) is 1.31. The molecule has 33 heavy (non-hydrogen) atoms. The van der Waals surface area contributed by atoms with Gasteiger partial charge in [0.05, 0.1) is 12.2 Å². The lowest BCUT2D eigenvalue weighted by Gasteiger charge is -2.29. The van der Waals surface area contributed by atoms with Crippen LogP contribution in [-0.4, -0.2) is 51.6 Å². The van der Waals surface area contributed by atoms with E-state index < -0.39 is 6.43 Å². The Morgan fingerprint density at radius 3 is 2.70 bits per heavy atom. The number of nitrogens with one attached hydrogen (secondary N) is 3. The molecule has 3 N–H and O–H groups in total. The van der Waals surface area contributed by atoms with Gasteiger partial charge in [-0.15, -0.1) is 0 Å². The zero-order valence-corrected chi connectivity index (χ0v) is 17.6. The lowest BCUT2D eigenvalue weighted by atomic mass is 10.0. The van der Waals surface area contributed by atoms with Gasteiger partial charge in [-0.25, -0.2) is 8.78 Å². The van der Waals surface area contributed by atoms with E-state index >= 15 is 0 Å². The van der Waals surface area contributed by atoms with Crippen LogP contribution in [0.4, 0.5) is 8.78 Å². The van der Waals surface area contributed by atoms with E-state index in [1.807, 2.05) is 0 Å². The average molecular weight is 456 g/mol. The van der Waals surface area contributed by atoms with Gasteiger partial charge in [0.2, 0.25) is 5.91 Å². The summed E-state index contributed by atoms with van der Waals surface area (Å²) in [6.07, 6.45) is 6.09. The molecule has 4 heterocycles. The van der Waals surface area contributed by atoms with Crippen molar-refractivity contribution in [2.75, 3.05) is 13.1 Å². The van der Waals surface area contributed by atoms with Crippen molar-refractivity contribution in [2.45, 2.75) is 38.2 Å². The second-order valence-corrected chi connectivity index (χ2v) is 8.33. The van der Waals surface area contributed by atoms with E-state index in [1.165, 1.54) is 17.2 Å².